The predicted octanol–water partition coefficient (Wildman–Crippen LogP) is 3.39. The van der Waals surface area contributed by atoms with E-state index in [1.54, 1.807) is 32.2 Å². The second-order valence-corrected chi connectivity index (χ2v) is 5.63. The standard InChI is InChI=1S/C15H15Cl2NO3/c1-8-13(15(20)21-3)10(7-12(19)18(8)2)9-5-4-6-11(16)14(9)17/h4-6,10H,7H2,1-3H3. The van der Waals surface area contributed by atoms with E-state index in [9.17, 15) is 9.59 Å². The van der Waals surface area contributed by atoms with Crippen LogP contribution >= 0.6 is 23.2 Å². The number of ether oxygens (including phenoxy) is 1. The fourth-order valence-electron chi connectivity index (χ4n) is 2.49. The van der Waals surface area contributed by atoms with Gasteiger partial charge < -0.3 is 9.64 Å². The van der Waals surface area contributed by atoms with Crippen LogP contribution in [0.3, 0.4) is 0 Å². The zero-order valence-electron chi connectivity index (χ0n) is 11.9. The summed E-state index contributed by atoms with van der Waals surface area (Å²) in [6.07, 6.45) is 0.151. The summed E-state index contributed by atoms with van der Waals surface area (Å²) < 4.78 is 4.85. The third-order valence-corrected chi connectivity index (χ3v) is 4.59. The average Bonchev–Trinajstić information content (AvgIpc) is 2.46. The average molecular weight is 328 g/mol. The Kier molecular flexibility index (Phi) is 4.59. The summed E-state index contributed by atoms with van der Waals surface area (Å²) in [5.74, 6) is -0.999. The highest BCUT2D eigenvalue weighted by Gasteiger charge is 2.36. The zero-order chi connectivity index (χ0) is 15.7. The number of amides is 1. The molecule has 1 aliphatic heterocycles. The van der Waals surface area contributed by atoms with Crippen molar-refractivity contribution in [3.05, 3.63) is 45.1 Å². The number of rotatable bonds is 2. The van der Waals surface area contributed by atoms with Gasteiger partial charge in [-0.15, -0.1) is 0 Å². The molecule has 6 heteroatoms. The quantitative estimate of drug-likeness (QED) is 0.782. The number of esters is 1. The van der Waals surface area contributed by atoms with Gasteiger partial charge in [0, 0.05) is 25.1 Å². The van der Waals surface area contributed by atoms with Crippen LogP contribution in [-0.4, -0.2) is 30.9 Å². The summed E-state index contributed by atoms with van der Waals surface area (Å²) in [7, 11) is 2.95. The molecule has 0 bridgehead atoms. The summed E-state index contributed by atoms with van der Waals surface area (Å²) in [4.78, 5) is 25.7. The van der Waals surface area contributed by atoms with Gasteiger partial charge in [0.05, 0.1) is 22.7 Å². The SMILES string of the molecule is COC(=O)C1=C(C)N(C)C(=O)CC1c1cccc(Cl)c1Cl. The summed E-state index contributed by atoms with van der Waals surface area (Å²) in [6, 6.07) is 5.18. The van der Waals surface area contributed by atoms with Crippen LogP contribution in [-0.2, 0) is 14.3 Å². The van der Waals surface area contributed by atoms with Crippen molar-refractivity contribution >= 4 is 35.1 Å². The van der Waals surface area contributed by atoms with Crippen LogP contribution in [0.15, 0.2) is 29.5 Å². The molecule has 4 nitrogen and oxygen atoms in total. The van der Waals surface area contributed by atoms with Crippen molar-refractivity contribution in [3.63, 3.8) is 0 Å². The van der Waals surface area contributed by atoms with Crippen LogP contribution in [0.2, 0.25) is 10.0 Å². The van der Waals surface area contributed by atoms with Crippen LogP contribution in [0.4, 0.5) is 0 Å². The Hall–Kier alpha value is -1.52. The van der Waals surface area contributed by atoms with Crippen molar-refractivity contribution in [2.75, 3.05) is 14.2 Å². The summed E-state index contributed by atoms with van der Waals surface area (Å²) >= 11 is 12.3. The number of carbonyl (C=O) groups excluding carboxylic acids is 2. The Bertz CT molecular complexity index is 640. The molecule has 0 aromatic heterocycles. The van der Waals surface area contributed by atoms with Gasteiger partial charge in [-0.3, -0.25) is 4.79 Å². The Morgan fingerprint density at radius 3 is 2.67 bits per heavy atom. The fourth-order valence-corrected chi connectivity index (χ4v) is 2.93. The van der Waals surface area contributed by atoms with Gasteiger partial charge in [0.15, 0.2) is 0 Å². The molecule has 1 heterocycles. The number of benzene rings is 1. The first-order chi connectivity index (χ1) is 9.88. The molecule has 0 radical (unpaired) electrons. The normalized spacial score (nSPS) is 19.0. The van der Waals surface area contributed by atoms with Crippen molar-refractivity contribution in [1.82, 2.24) is 4.90 Å². The van der Waals surface area contributed by atoms with Gasteiger partial charge in [-0.25, -0.2) is 4.79 Å². The minimum absolute atomic E-state index is 0.0822. The van der Waals surface area contributed by atoms with E-state index in [-0.39, 0.29) is 12.3 Å². The lowest BCUT2D eigenvalue weighted by Crippen LogP contribution is -2.35. The Balaban J connectivity index is 2.62. The largest absolute Gasteiger partial charge is 0.466 e. The lowest BCUT2D eigenvalue weighted by Gasteiger charge is -2.32. The van der Waals surface area contributed by atoms with E-state index in [1.165, 1.54) is 12.0 Å². The van der Waals surface area contributed by atoms with E-state index < -0.39 is 11.9 Å². The molecule has 0 saturated carbocycles. The van der Waals surface area contributed by atoms with Gasteiger partial charge in [-0.05, 0) is 18.6 Å². The Morgan fingerprint density at radius 1 is 1.38 bits per heavy atom. The van der Waals surface area contributed by atoms with Gasteiger partial charge in [-0.1, -0.05) is 35.3 Å². The molecule has 1 aromatic carbocycles. The highest BCUT2D eigenvalue weighted by atomic mass is 35.5. The molecule has 1 aromatic rings. The van der Waals surface area contributed by atoms with Gasteiger partial charge >= 0.3 is 5.97 Å². The van der Waals surface area contributed by atoms with Crippen molar-refractivity contribution in [3.8, 4) is 0 Å². The number of hydrogen-bond donors (Lipinski definition) is 0. The van der Waals surface area contributed by atoms with Gasteiger partial charge in [0.25, 0.3) is 0 Å². The van der Waals surface area contributed by atoms with Gasteiger partial charge in [0.2, 0.25) is 5.91 Å². The highest BCUT2D eigenvalue weighted by Crippen LogP contribution is 2.41. The van der Waals surface area contributed by atoms with Crippen LogP contribution < -0.4 is 0 Å². The number of methoxy groups -OCH3 is 1. The third-order valence-electron chi connectivity index (χ3n) is 3.76. The monoisotopic (exact) mass is 327 g/mol. The molecule has 112 valence electrons. The number of halogens is 2. The summed E-state index contributed by atoms with van der Waals surface area (Å²) in [5.41, 5.74) is 1.66. The van der Waals surface area contributed by atoms with Crippen LogP contribution in [0.5, 0.6) is 0 Å². The van der Waals surface area contributed by atoms with E-state index in [2.05, 4.69) is 0 Å². The molecule has 2 rings (SSSR count). The number of nitrogens with zero attached hydrogens (tertiary/aromatic N) is 1. The van der Waals surface area contributed by atoms with Gasteiger partial charge in [-0.2, -0.15) is 0 Å². The molecule has 1 amide bonds. The van der Waals surface area contributed by atoms with Crippen LogP contribution in [0.25, 0.3) is 0 Å². The molecule has 21 heavy (non-hydrogen) atoms. The molecular formula is C15H15Cl2NO3. The Labute approximate surface area is 133 Å². The molecule has 0 N–H and O–H groups in total. The fraction of sp³-hybridized carbons (Fsp3) is 0.333. The minimum Gasteiger partial charge on any atom is -0.466 e. The second-order valence-electron chi connectivity index (χ2n) is 4.84. The maximum Gasteiger partial charge on any atom is 0.336 e. The minimum atomic E-state index is -0.465. The molecule has 0 aliphatic carbocycles. The third kappa shape index (κ3) is 2.78. The van der Waals surface area contributed by atoms with E-state index in [1.807, 2.05) is 0 Å². The smallest absolute Gasteiger partial charge is 0.336 e. The van der Waals surface area contributed by atoms with Crippen molar-refractivity contribution in [2.24, 2.45) is 0 Å². The number of carbonyl (C=O) groups is 2. The zero-order valence-corrected chi connectivity index (χ0v) is 13.5. The molecule has 0 fully saturated rings. The van der Waals surface area contributed by atoms with Crippen LogP contribution in [0, 0.1) is 0 Å². The van der Waals surface area contributed by atoms with Crippen LogP contribution in [0.1, 0.15) is 24.8 Å². The van der Waals surface area contributed by atoms with Crippen molar-refractivity contribution in [2.45, 2.75) is 19.3 Å². The Morgan fingerprint density at radius 2 is 2.05 bits per heavy atom. The molecular weight excluding hydrogens is 313 g/mol. The van der Waals surface area contributed by atoms with E-state index in [4.69, 9.17) is 27.9 Å². The molecule has 1 atom stereocenters. The predicted molar refractivity (Wildman–Crippen MR) is 81.3 cm³/mol. The van der Waals surface area contributed by atoms with E-state index in [0.29, 0.717) is 26.9 Å². The number of hydrogen-bond acceptors (Lipinski definition) is 3. The number of allylic oxidation sites excluding steroid dienone is 1. The first-order valence-electron chi connectivity index (χ1n) is 6.38. The summed E-state index contributed by atoms with van der Waals surface area (Å²) in [6.45, 7) is 1.72. The first kappa shape index (κ1) is 15.9. The lowest BCUT2D eigenvalue weighted by atomic mass is 9.84. The first-order valence-corrected chi connectivity index (χ1v) is 7.13. The topological polar surface area (TPSA) is 46.6 Å². The van der Waals surface area contributed by atoms with E-state index in [0.717, 1.165) is 0 Å². The maximum atomic E-state index is 12.1. The van der Waals surface area contributed by atoms with Crippen molar-refractivity contribution in [1.29, 1.82) is 0 Å². The lowest BCUT2D eigenvalue weighted by molar-refractivity contribution is -0.137. The molecule has 1 unspecified atom stereocenters. The van der Waals surface area contributed by atoms with Crippen molar-refractivity contribution < 1.29 is 14.3 Å². The molecule has 1 aliphatic rings. The van der Waals surface area contributed by atoms with E-state index >= 15 is 0 Å². The maximum absolute atomic E-state index is 12.1. The molecule has 0 spiro atoms. The summed E-state index contributed by atoms with van der Waals surface area (Å²) in [5, 5.41) is 0.748. The second kappa shape index (κ2) is 6.08. The highest BCUT2D eigenvalue weighted by molar-refractivity contribution is 6.42. The molecule has 0 saturated heterocycles. The van der Waals surface area contributed by atoms with Gasteiger partial charge in [0.1, 0.15) is 0 Å².